The lowest BCUT2D eigenvalue weighted by Crippen LogP contribution is -2.54. The first-order valence-electron chi connectivity index (χ1n) is 12.2. The number of carbonyl (C=O) groups excluding carboxylic acids is 1. The minimum atomic E-state index is -0.575. The second-order valence-corrected chi connectivity index (χ2v) is 10.3. The van der Waals surface area contributed by atoms with E-state index in [0.717, 1.165) is 39.4 Å². The first-order chi connectivity index (χ1) is 16.5. The molecule has 2 bridgehead atoms. The number of hydrogen-bond donors (Lipinski definition) is 2. The third-order valence-corrected chi connectivity index (χ3v) is 8.90. The summed E-state index contributed by atoms with van der Waals surface area (Å²) in [6.07, 6.45) is 0.783. The number of rotatable bonds is 1. The van der Waals surface area contributed by atoms with E-state index in [9.17, 15) is 4.79 Å². The van der Waals surface area contributed by atoms with Gasteiger partial charge in [0.25, 0.3) is 5.91 Å². The quantitative estimate of drug-likeness (QED) is 0.379. The maximum atomic E-state index is 13.3. The lowest BCUT2D eigenvalue weighted by atomic mass is 9.85. The largest absolute Gasteiger partial charge is 0.348 e. The van der Waals surface area contributed by atoms with Crippen LogP contribution in [0.5, 0.6) is 0 Å². The lowest BCUT2D eigenvalue weighted by molar-refractivity contribution is -0.224. The zero-order chi connectivity index (χ0) is 22.9. The van der Waals surface area contributed by atoms with E-state index < -0.39 is 5.72 Å². The molecule has 3 aliphatic rings. The van der Waals surface area contributed by atoms with Crippen LogP contribution in [-0.2, 0) is 17.0 Å². The molecule has 3 aliphatic heterocycles. The SMILES string of the molecule is CN[C@@H]1C[C@H]2O[C@@](C)([C@@H]1C)n1c3ccccc3c3c4c(c5c6ccccc6n2c5c31)CNC4=O. The van der Waals surface area contributed by atoms with Crippen LogP contribution in [0.1, 0.15) is 42.4 Å². The van der Waals surface area contributed by atoms with E-state index in [2.05, 4.69) is 89.2 Å². The van der Waals surface area contributed by atoms with E-state index in [4.69, 9.17) is 4.74 Å². The van der Waals surface area contributed by atoms with Crippen LogP contribution in [0.15, 0.2) is 48.5 Å². The molecule has 1 saturated heterocycles. The Morgan fingerprint density at radius 1 is 1.03 bits per heavy atom. The normalized spacial score (nSPS) is 27.7. The Hall–Kier alpha value is -3.35. The summed E-state index contributed by atoms with van der Waals surface area (Å²) >= 11 is 0. The van der Waals surface area contributed by atoms with Crippen molar-refractivity contribution in [1.29, 1.82) is 0 Å². The smallest absolute Gasteiger partial charge is 0.252 e. The van der Waals surface area contributed by atoms with Crippen LogP contribution in [0.25, 0.3) is 43.6 Å². The summed E-state index contributed by atoms with van der Waals surface area (Å²) in [5.41, 5.74) is 5.98. The first kappa shape index (κ1) is 19.0. The molecule has 3 aromatic carbocycles. The standard InChI is InChI=1S/C28H26N4O2/c1-14-18(29-3)12-21-31-19-10-6-4-8-15(19)22-17-13-30-27(33)24(17)23-16-9-5-7-11-20(16)32(26(23)25(22)31)28(14,2)34-21/h4-11,14,18,21,29H,12-13H2,1-3H3,(H,30,33)/t14-,18-,21-,28+/m1/s1. The molecule has 6 heteroatoms. The molecule has 4 atom stereocenters. The van der Waals surface area contributed by atoms with Gasteiger partial charge in [0.05, 0.1) is 27.6 Å². The molecular weight excluding hydrogens is 424 g/mol. The number of hydrogen-bond acceptors (Lipinski definition) is 3. The monoisotopic (exact) mass is 450 g/mol. The minimum absolute atomic E-state index is 0.0241. The molecule has 2 N–H and O–H groups in total. The van der Waals surface area contributed by atoms with Crippen molar-refractivity contribution >= 4 is 49.5 Å². The fourth-order valence-corrected chi connectivity index (χ4v) is 7.25. The van der Waals surface area contributed by atoms with E-state index in [1.165, 1.54) is 21.8 Å². The molecule has 0 radical (unpaired) electrons. The average molecular weight is 451 g/mol. The van der Waals surface area contributed by atoms with Crippen molar-refractivity contribution in [2.45, 2.75) is 44.8 Å². The van der Waals surface area contributed by atoms with Crippen molar-refractivity contribution in [3.05, 3.63) is 59.7 Å². The summed E-state index contributed by atoms with van der Waals surface area (Å²) in [6.45, 7) is 5.08. The highest BCUT2D eigenvalue weighted by Gasteiger charge is 2.50. The molecule has 1 amide bonds. The van der Waals surface area contributed by atoms with Gasteiger partial charge in [0.1, 0.15) is 12.0 Å². The third-order valence-electron chi connectivity index (χ3n) is 8.90. The van der Waals surface area contributed by atoms with Gasteiger partial charge in [-0.1, -0.05) is 43.3 Å². The highest BCUT2D eigenvalue weighted by molar-refractivity contribution is 6.31. The van der Waals surface area contributed by atoms with E-state index in [-0.39, 0.29) is 18.1 Å². The molecule has 6 nitrogen and oxygen atoms in total. The van der Waals surface area contributed by atoms with Crippen molar-refractivity contribution < 1.29 is 9.53 Å². The van der Waals surface area contributed by atoms with Gasteiger partial charge >= 0.3 is 0 Å². The Labute approximate surface area is 196 Å². The second-order valence-electron chi connectivity index (χ2n) is 10.3. The topological polar surface area (TPSA) is 60.2 Å². The number of fused-ring (bicyclic) bond motifs is 13. The summed E-state index contributed by atoms with van der Waals surface area (Å²) in [5.74, 6) is 0.247. The number of para-hydroxylation sites is 2. The lowest BCUT2D eigenvalue weighted by Gasteiger charge is -2.48. The number of amides is 1. The van der Waals surface area contributed by atoms with Crippen LogP contribution >= 0.6 is 0 Å². The van der Waals surface area contributed by atoms with Crippen LogP contribution in [0.2, 0.25) is 0 Å². The number of aromatic nitrogens is 2. The molecule has 34 heavy (non-hydrogen) atoms. The maximum Gasteiger partial charge on any atom is 0.252 e. The summed E-state index contributed by atoms with van der Waals surface area (Å²) in [4.78, 5) is 13.3. The van der Waals surface area contributed by atoms with Gasteiger partial charge in [-0.25, -0.2) is 0 Å². The van der Waals surface area contributed by atoms with E-state index in [1.807, 2.05) is 0 Å². The Morgan fingerprint density at radius 3 is 2.50 bits per heavy atom. The second kappa shape index (κ2) is 6.01. The molecule has 0 saturated carbocycles. The van der Waals surface area contributed by atoms with Gasteiger partial charge in [0, 0.05) is 46.5 Å². The molecule has 0 spiro atoms. The molecular formula is C28H26N4O2. The minimum Gasteiger partial charge on any atom is -0.348 e. The van der Waals surface area contributed by atoms with E-state index in [1.54, 1.807) is 0 Å². The highest BCUT2D eigenvalue weighted by Crippen LogP contribution is 2.54. The zero-order valence-electron chi connectivity index (χ0n) is 19.5. The maximum absolute atomic E-state index is 13.3. The molecule has 0 unspecified atom stereocenters. The number of nitrogens with one attached hydrogen (secondary N) is 2. The number of benzene rings is 3. The summed E-state index contributed by atoms with van der Waals surface area (Å²) < 4.78 is 12.0. The van der Waals surface area contributed by atoms with Gasteiger partial charge in [-0.15, -0.1) is 0 Å². The van der Waals surface area contributed by atoms with Gasteiger partial charge in [0.2, 0.25) is 0 Å². The average Bonchev–Trinajstić information content (AvgIpc) is 3.48. The zero-order valence-corrected chi connectivity index (χ0v) is 19.5. The van der Waals surface area contributed by atoms with Crippen molar-refractivity contribution in [2.24, 2.45) is 5.92 Å². The van der Waals surface area contributed by atoms with Gasteiger partial charge in [-0.05, 0) is 31.7 Å². The number of carbonyl (C=O) groups is 1. The molecule has 5 aromatic rings. The summed E-state index contributed by atoms with van der Waals surface area (Å²) in [6, 6.07) is 17.4. The van der Waals surface area contributed by atoms with Crippen molar-refractivity contribution in [1.82, 2.24) is 19.8 Å². The molecule has 0 aliphatic carbocycles. The van der Waals surface area contributed by atoms with Crippen LogP contribution < -0.4 is 10.6 Å². The summed E-state index contributed by atoms with van der Waals surface area (Å²) in [5, 5.41) is 11.3. The van der Waals surface area contributed by atoms with Crippen LogP contribution in [0, 0.1) is 5.92 Å². The van der Waals surface area contributed by atoms with E-state index >= 15 is 0 Å². The predicted molar refractivity (Wildman–Crippen MR) is 134 cm³/mol. The van der Waals surface area contributed by atoms with Crippen LogP contribution in [-0.4, -0.2) is 28.1 Å². The number of nitrogens with zero attached hydrogens (tertiary/aromatic N) is 2. The van der Waals surface area contributed by atoms with Crippen LogP contribution in [0.4, 0.5) is 0 Å². The Kier molecular flexibility index (Phi) is 3.36. The fourth-order valence-electron chi connectivity index (χ4n) is 7.25. The first-order valence-corrected chi connectivity index (χ1v) is 12.2. The van der Waals surface area contributed by atoms with Crippen molar-refractivity contribution in [2.75, 3.05) is 7.05 Å². The fraction of sp³-hybridized carbons (Fsp3) is 0.321. The van der Waals surface area contributed by atoms with Crippen LogP contribution in [0.3, 0.4) is 0 Å². The van der Waals surface area contributed by atoms with Gasteiger partial charge < -0.3 is 24.5 Å². The van der Waals surface area contributed by atoms with Gasteiger partial charge in [-0.3, -0.25) is 4.79 Å². The Morgan fingerprint density at radius 2 is 1.74 bits per heavy atom. The molecule has 2 aromatic heterocycles. The van der Waals surface area contributed by atoms with Crippen molar-refractivity contribution in [3.8, 4) is 0 Å². The molecule has 8 rings (SSSR count). The number of ether oxygens (including phenoxy) is 1. The molecule has 5 heterocycles. The third kappa shape index (κ3) is 1.93. The summed E-state index contributed by atoms with van der Waals surface area (Å²) in [7, 11) is 2.06. The molecule has 1 fully saturated rings. The van der Waals surface area contributed by atoms with Gasteiger partial charge in [0.15, 0.2) is 0 Å². The Bertz CT molecular complexity index is 1730. The Balaban J connectivity index is 1.74. The molecule has 170 valence electrons. The predicted octanol–water partition coefficient (Wildman–Crippen LogP) is 4.98. The van der Waals surface area contributed by atoms with Crippen molar-refractivity contribution in [3.63, 3.8) is 0 Å². The van der Waals surface area contributed by atoms with E-state index in [0.29, 0.717) is 12.6 Å². The van der Waals surface area contributed by atoms with Gasteiger partial charge in [-0.2, -0.15) is 0 Å². The highest BCUT2D eigenvalue weighted by atomic mass is 16.5.